The number of amides is 1. The van der Waals surface area contributed by atoms with Crippen molar-refractivity contribution >= 4 is 17.5 Å². The minimum atomic E-state index is -4.63. The Kier molecular flexibility index (Phi) is 6.27. The van der Waals surface area contributed by atoms with Gasteiger partial charge in [0.2, 0.25) is 0 Å². The van der Waals surface area contributed by atoms with Gasteiger partial charge in [0.05, 0.1) is 21.8 Å². The number of hydrogen-bond donors (Lipinski definition) is 1. The number of aryl methyl sites for hydroxylation is 1. The summed E-state index contributed by atoms with van der Waals surface area (Å²) in [6.45, 7) is 6.94. The first-order valence-electron chi connectivity index (χ1n) is 9.75. The van der Waals surface area contributed by atoms with Crippen molar-refractivity contribution in [3.05, 3.63) is 51.3 Å². The van der Waals surface area contributed by atoms with E-state index in [1.807, 2.05) is 11.6 Å². The molecule has 3 rings (SSSR count). The Bertz CT molecular complexity index is 899. The molecule has 0 saturated heterocycles. The number of nitrogens with zero attached hydrogens (tertiary/aromatic N) is 2. The molecule has 1 aromatic carbocycles. The predicted octanol–water partition coefficient (Wildman–Crippen LogP) is 5.47. The number of carbonyl (C=O) groups excluding carboxylic acids is 1. The van der Waals surface area contributed by atoms with Gasteiger partial charge < -0.3 is 5.32 Å². The average molecular weight is 428 g/mol. The van der Waals surface area contributed by atoms with Crippen LogP contribution in [0.25, 0.3) is 0 Å². The lowest BCUT2D eigenvalue weighted by atomic mass is 9.85. The maximum absolute atomic E-state index is 13.2. The molecule has 0 spiro atoms. The van der Waals surface area contributed by atoms with Gasteiger partial charge in [-0.2, -0.15) is 18.3 Å². The monoisotopic (exact) mass is 427 g/mol. The van der Waals surface area contributed by atoms with Crippen LogP contribution < -0.4 is 5.32 Å². The molecule has 29 heavy (non-hydrogen) atoms. The molecule has 1 N–H and O–H groups in total. The number of halogens is 4. The van der Waals surface area contributed by atoms with Gasteiger partial charge in [0.25, 0.3) is 5.91 Å². The SMILES string of the molecule is Cc1nn(CC2CCC(NC(=O)c3c(Cl)cccc3C(F)(F)F)CC2)c(C)c1C. The van der Waals surface area contributed by atoms with Crippen molar-refractivity contribution in [2.45, 2.75) is 65.2 Å². The molecule has 1 aromatic heterocycles. The van der Waals surface area contributed by atoms with Crippen molar-refractivity contribution in [2.75, 3.05) is 0 Å². The average Bonchev–Trinajstić information content (AvgIpc) is 2.89. The zero-order chi connectivity index (χ0) is 21.3. The molecule has 0 radical (unpaired) electrons. The molecule has 4 nitrogen and oxygen atoms in total. The number of nitrogens with one attached hydrogen (secondary N) is 1. The summed E-state index contributed by atoms with van der Waals surface area (Å²) in [5.74, 6) is -0.327. The van der Waals surface area contributed by atoms with Crippen molar-refractivity contribution in [3.8, 4) is 0 Å². The van der Waals surface area contributed by atoms with E-state index in [4.69, 9.17) is 11.6 Å². The van der Waals surface area contributed by atoms with Crippen LogP contribution in [-0.2, 0) is 12.7 Å². The Labute approximate surface area is 173 Å². The Morgan fingerprint density at radius 3 is 2.41 bits per heavy atom. The quantitative estimate of drug-likeness (QED) is 0.703. The summed E-state index contributed by atoms with van der Waals surface area (Å²) >= 11 is 5.92. The summed E-state index contributed by atoms with van der Waals surface area (Å²) in [6, 6.07) is 3.24. The summed E-state index contributed by atoms with van der Waals surface area (Å²) in [4.78, 5) is 12.5. The summed E-state index contributed by atoms with van der Waals surface area (Å²) in [6.07, 6.45) is -1.41. The molecule has 1 saturated carbocycles. The van der Waals surface area contributed by atoms with Crippen molar-refractivity contribution in [3.63, 3.8) is 0 Å². The van der Waals surface area contributed by atoms with E-state index >= 15 is 0 Å². The third kappa shape index (κ3) is 4.77. The Hall–Kier alpha value is -2.02. The van der Waals surface area contributed by atoms with Crippen molar-refractivity contribution in [1.29, 1.82) is 0 Å². The van der Waals surface area contributed by atoms with E-state index in [1.54, 1.807) is 0 Å². The summed E-state index contributed by atoms with van der Waals surface area (Å²) in [5, 5.41) is 7.14. The maximum atomic E-state index is 13.2. The molecular weight excluding hydrogens is 403 g/mol. The van der Waals surface area contributed by atoms with Crippen LogP contribution in [0.15, 0.2) is 18.2 Å². The van der Waals surface area contributed by atoms with E-state index < -0.39 is 23.2 Å². The number of hydrogen-bond acceptors (Lipinski definition) is 2. The van der Waals surface area contributed by atoms with E-state index in [0.717, 1.165) is 49.7 Å². The van der Waals surface area contributed by atoms with Crippen molar-refractivity contribution in [2.24, 2.45) is 5.92 Å². The Balaban J connectivity index is 1.61. The minimum Gasteiger partial charge on any atom is -0.349 e. The molecule has 0 bridgehead atoms. The van der Waals surface area contributed by atoms with Crippen molar-refractivity contribution in [1.82, 2.24) is 15.1 Å². The third-order valence-corrected chi connectivity index (χ3v) is 6.22. The number of alkyl halides is 3. The van der Waals surface area contributed by atoms with Crippen LogP contribution in [-0.4, -0.2) is 21.7 Å². The van der Waals surface area contributed by atoms with Crippen LogP contribution in [0.2, 0.25) is 5.02 Å². The first-order chi connectivity index (χ1) is 13.6. The number of carbonyl (C=O) groups is 1. The fourth-order valence-electron chi connectivity index (χ4n) is 3.95. The lowest BCUT2D eigenvalue weighted by Gasteiger charge is -2.29. The van der Waals surface area contributed by atoms with Gasteiger partial charge >= 0.3 is 6.18 Å². The third-order valence-electron chi connectivity index (χ3n) is 5.90. The molecular formula is C21H25ClF3N3O. The van der Waals surface area contributed by atoms with E-state index in [0.29, 0.717) is 5.92 Å². The number of rotatable bonds is 4. The molecule has 1 fully saturated rings. The van der Waals surface area contributed by atoms with E-state index in [2.05, 4.69) is 24.3 Å². The van der Waals surface area contributed by atoms with E-state index in [9.17, 15) is 18.0 Å². The largest absolute Gasteiger partial charge is 0.417 e. The predicted molar refractivity (Wildman–Crippen MR) is 106 cm³/mol. The number of aromatic nitrogens is 2. The zero-order valence-corrected chi connectivity index (χ0v) is 17.5. The highest BCUT2D eigenvalue weighted by atomic mass is 35.5. The second-order valence-corrected chi connectivity index (χ2v) is 8.24. The van der Waals surface area contributed by atoms with Crippen LogP contribution in [0.4, 0.5) is 13.2 Å². The highest BCUT2D eigenvalue weighted by Crippen LogP contribution is 2.35. The van der Waals surface area contributed by atoms with Crippen LogP contribution in [0.1, 0.15) is 58.6 Å². The minimum absolute atomic E-state index is 0.154. The molecule has 2 aromatic rings. The molecule has 0 aliphatic heterocycles. The molecule has 0 unspecified atom stereocenters. The van der Waals surface area contributed by atoms with Gasteiger partial charge in [-0.15, -0.1) is 0 Å². The molecule has 1 amide bonds. The fraction of sp³-hybridized carbons (Fsp3) is 0.524. The molecule has 1 aliphatic rings. The molecule has 8 heteroatoms. The van der Waals surface area contributed by atoms with Gasteiger partial charge in [0.1, 0.15) is 0 Å². The van der Waals surface area contributed by atoms with Gasteiger partial charge in [0, 0.05) is 18.3 Å². The lowest BCUT2D eigenvalue weighted by Crippen LogP contribution is -2.39. The first kappa shape index (κ1) is 21.7. The van der Waals surface area contributed by atoms with Crippen LogP contribution in [0.3, 0.4) is 0 Å². The topological polar surface area (TPSA) is 46.9 Å². The van der Waals surface area contributed by atoms with Gasteiger partial charge in [-0.25, -0.2) is 0 Å². The Morgan fingerprint density at radius 1 is 1.21 bits per heavy atom. The summed E-state index contributed by atoms with van der Waals surface area (Å²) < 4.78 is 41.8. The van der Waals surface area contributed by atoms with Gasteiger partial charge in [-0.3, -0.25) is 9.48 Å². The molecule has 1 heterocycles. The zero-order valence-electron chi connectivity index (χ0n) is 16.7. The normalized spacial score (nSPS) is 20.0. The highest BCUT2D eigenvalue weighted by molar-refractivity contribution is 6.34. The number of benzene rings is 1. The van der Waals surface area contributed by atoms with Gasteiger partial charge in [-0.05, 0) is 70.1 Å². The van der Waals surface area contributed by atoms with Gasteiger partial charge in [0.15, 0.2) is 0 Å². The van der Waals surface area contributed by atoms with Crippen molar-refractivity contribution < 1.29 is 18.0 Å². The second-order valence-electron chi connectivity index (χ2n) is 7.83. The maximum Gasteiger partial charge on any atom is 0.417 e. The van der Waals surface area contributed by atoms with Crippen LogP contribution in [0.5, 0.6) is 0 Å². The first-order valence-corrected chi connectivity index (χ1v) is 10.1. The highest BCUT2D eigenvalue weighted by Gasteiger charge is 2.37. The summed E-state index contributed by atoms with van der Waals surface area (Å²) in [5.41, 5.74) is 1.89. The van der Waals surface area contributed by atoms with Gasteiger partial charge in [-0.1, -0.05) is 17.7 Å². The van der Waals surface area contributed by atoms with Crippen LogP contribution in [0, 0.1) is 26.7 Å². The second kappa shape index (κ2) is 8.38. The molecule has 1 aliphatic carbocycles. The van der Waals surface area contributed by atoms with E-state index in [1.165, 1.54) is 17.7 Å². The summed E-state index contributed by atoms with van der Waals surface area (Å²) in [7, 11) is 0. The van der Waals surface area contributed by atoms with Crippen LogP contribution >= 0.6 is 11.6 Å². The lowest BCUT2D eigenvalue weighted by molar-refractivity contribution is -0.137. The standard InChI is InChI=1S/C21H25ClF3N3O/c1-12-13(2)27-28(14(12)3)11-15-7-9-16(10-8-15)26-20(29)19-17(21(23,24)25)5-4-6-18(19)22/h4-6,15-16H,7-11H2,1-3H3,(H,26,29). The van der Waals surface area contributed by atoms with E-state index in [-0.39, 0.29) is 11.1 Å². The Morgan fingerprint density at radius 2 is 1.86 bits per heavy atom. The molecule has 0 atom stereocenters. The smallest absolute Gasteiger partial charge is 0.349 e. The fourth-order valence-corrected chi connectivity index (χ4v) is 4.21. The molecule has 158 valence electrons.